The molecule has 0 saturated heterocycles. The third-order valence-electron chi connectivity index (χ3n) is 5.21. The zero-order chi connectivity index (χ0) is 19.8. The molecular weight excluding hydrogens is 475 g/mol. The largest absolute Gasteiger partial charge is 0.354 e. The molecule has 1 unspecified atom stereocenters. The van der Waals surface area contributed by atoms with E-state index in [-0.39, 0.29) is 42.5 Å². The molecule has 0 bridgehead atoms. The Morgan fingerprint density at radius 2 is 1.79 bits per heavy atom. The van der Waals surface area contributed by atoms with Gasteiger partial charge in [0, 0.05) is 26.2 Å². The van der Waals surface area contributed by atoms with Crippen LogP contribution in [0.2, 0.25) is 0 Å². The number of guanidine groups is 1. The van der Waals surface area contributed by atoms with E-state index >= 15 is 0 Å². The number of hydrogen-bond acceptors (Lipinski definition) is 2. The van der Waals surface area contributed by atoms with Gasteiger partial charge in [0.05, 0.1) is 6.54 Å². The Morgan fingerprint density at radius 3 is 2.52 bits per heavy atom. The molecule has 3 rings (SSSR count). The molecule has 1 aliphatic rings. The van der Waals surface area contributed by atoms with Crippen LogP contribution in [0.4, 0.5) is 0 Å². The molecule has 5 nitrogen and oxygen atoms in total. The Hall–Kier alpha value is -2.09. The van der Waals surface area contributed by atoms with Gasteiger partial charge in [0.2, 0.25) is 5.91 Å². The highest BCUT2D eigenvalue weighted by Gasteiger charge is 2.20. The second kappa shape index (κ2) is 11.8. The summed E-state index contributed by atoms with van der Waals surface area (Å²) < 4.78 is 0. The summed E-state index contributed by atoms with van der Waals surface area (Å²) in [5.41, 5.74) is 3.93. The molecule has 2 aromatic rings. The van der Waals surface area contributed by atoms with Crippen molar-refractivity contribution in [1.29, 1.82) is 0 Å². The number of nitrogens with zero attached hydrogens (tertiary/aromatic N) is 2. The molecule has 0 saturated carbocycles. The molecule has 1 heterocycles. The van der Waals surface area contributed by atoms with Crippen LogP contribution in [0.15, 0.2) is 59.6 Å². The van der Waals surface area contributed by atoms with Gasteiger partial charge >= 0.3 is 0 Å². The zero-order valence-corrected chi connectivity index (χ0v) is 19.6. The number of rotatable bonds is 6. The van der Waals surface area contributed by atoms with Crippen molar-refractivity contribution in [3.8, 4) is 0 Å². The lowest BCUT2D eigenvalue weighted by atomic mass is 10.00. The Kier molecular flexibility index (Phi) is 9.44. The molecule has 2 aromatic carbocycles. The molecule has 0 fully saturated rings. The van der Waals surface area contributed by atoms with E-state index in [9.17, 15) is 4.79 Å². The Bertz CT molecular complexity index is 810. The average Bonchev–Trinajstić information content (AvgIpc) is 2.75. The Labute approximate surface area is 191 Å². The van der Waals surface area contributed by atoms with Gasteiger partial charge in [-0.05, 0) is 42.9 Å². The van der Waals surface area contributed by atoms with E-state index in [2.05, 4.69) is 65.0 Å². The van der Waals surface area contributed by atoms with Crippen LogP contribution < -0.4 is 10.6 Å². The first-order valence-electron chi connectivity index (χ1n) is 10.0. The summed E-state index contributed by atoms with van der Waals surface area (Å²) in [6.07, 6.45) is 2.94. The minimum absolute atomic E-state index is 0. The van der Waals surface area contributed by atoms with Crippen molar-refractivity contribution >= 4 is 35.8 Å². The second-order valence-corrected chi connectivity index (χ2v) is 7.33. The lowest BCUT2D eigenvalue weighted by Crippen LogP contribution is -2.47. The van der Waals surface area contributed by atoms with Crippen LogP contribution in [0.25, 0.3) is 0 Å². The molecule has 2 N–H and O–H groups in total. The maximum atomic E-state index is 12.6. The first-order valence-corrected chi connectivity index (χ1v) is 10.0. The number of hydrogen-bond donors (Lipinski definition) is 2. The summed E-state index contributed by atoms with van der Waals surface area (Å²) >= 11 is 0. The molecule has 1 atom stereocenters. The highest BCUT2D eigenvalue weighted by molar-refractivity contribution is 14.0. The minimum atomic E-state index is 0. The van der Waals surface area contributed by atoms with Crippen LogP contribution in [0, 0.1) is 0 Å². The predicted octanol–water partition coefficient (Wildman–Crippen LogP) is 3.38. The van der Waals surface area contributed by atoms with E-state index in [4.69, 9.17) is 0 Å². The van der Waals surface area contributed by atoms with Crippen molar-refractivity contribution < 1.29 is 4.79 Å². The van der Waals surface area contributed by atoms with Crippen molar-refractivity contribution in [3.63, 3.8) is 0 Å². The number of amides is 1. The van der Waals surface area contributed by atoms with Crippen molar-refractivity contribution in [2.24, 2.45) is 4.99 Å². The molecule has 6 heteroatoms. The van der Waals surface area contributed by atoms with Gasteiger partial charge in [0.25, 0.3) is 0 Å². The normalized spacial score (nSPS) is 14.4. The van der Waals surface area contributed by atoms with Crippen LogP contribution in [-0.4, -0.2) is 42.9 Å². The summed E-state index contributed by atoms with van der Waals surface area (Å²) in [7, 11) is 1.74. The highest BCUT2D eigenvalue weighted by Crippen LogP contribution is 2.18. The van der Waals surface area contributed by atoms with Crippen molar-refractivity contribution in [2.75, 3.05) is 20.1 Å². The summed E-state index contributed by atoms with van der Waals surface area (Å²) in [6, 6.07) is 19.1. The third kappa shape index (κ3) is 7.03. The Balaban J connectivity index is 0.00000300. The van der Waals surface area contributed by atoms with Crippen LogP contribution in [0.1, 0.15) is 30.0 Å². The fourth-order valence-electron chi connectivity index (χ4n) is 3.51. The van der Waals surface area contributed by atoms with E-state index in [1.165, 1.54) is 16.7 Å². The lowest BCUT2D eigenvalue weighted by Gasteiger charge is -2.29. The molecule has 1 aliphatic heterocycles. The van der Waals surface area contributed by atoms with Crippen LogP contribution in [0.5, 0.6) is 0 Å². The van der Waals surface area contributed by atoms with Gasteiger partial charge in [-0.2, -0.15) is 0 Å². The van der Waals surface area contributed by atoms with E-state index in [1.807, 2.05) is 17.0 Å². The number of aryl methyl sites for hydroxylation is 1. The first-order chi connectivity index (χ1) is 13.7. The third-order valence-corrected chi connectivity index (χ3v) is 5.21. The maximum absolute atomic E-state index is 12.6. The minimum Gasteiger partial charge on any atom is -0.354 e. The fraction of sp³-hybridized carbons (Fsp3) is 0.391. The van der Waals surface area contributed by atoms with Gasteiger partial charge < -0.3 is 15.5 Å². The van der Waals surface area contributed by atoms with Crippen molar-refractivity contribution in [1.82, 2.24) is 15.5 Å². The van der Waals surface area contributed by atoms with Gasteiger partial charge in [0.15, 0.2) is 5.96 Å². The average molecular weight is 506 g/mol. The van der Waals surface area contributed by atoms with Gasteiger partial charge in [0.1, 0.15) is 0 Å². The molecule has 156 valence electrons. The van der Waals surface area contributed by atoms with E-state index in [0.29, 0.717) is 12.5 Å². The number of benzene rings is 2. The van der Waals surface area contributed by atoms with E-state index in [1.54, 1.807) is 7.05 Å². The predicted molar refractivity (Wildman–Crippen MR) is 130 cm³/mol. The van der Waals surface area contributed by atoms with Gasteiger partial charge in [-0.15, -0.1) is 24.0 Å². The number of aliphatic imine (C=N–C) groups is 1. The van der Waals surface area contributed by atoms with E-state index < -0.39 is 0 Å². The topological polar surface area (TPSA) is 56.7 Å². The summed E-state index contributed by atoms with van der Waals surface area (Å²) in [4.78, 5) is 18.8. The number of carbonyl (C=O) groups is 1. The zero-order valence-electron chi connectivity index (χ0n) is 17.2. The maximum Gasteiger partial charge on any atom is 0.242 e. The quantitative estimate of drug-likeness (QED) is 0.359. The highest BCUT2D eigenvalue weighted by atomic mass is 127. The molecular formula is C23H31IN4O. The molecule has 1 amide bonds. The van der Waals surface area contributed by atoms with Gasteiger partial charge in [-0.3, -0.25) is 9.79 Å². The van der Waals surface area contributed by atoms with Gasteiger partial charge in [-0.25, -0.2) is 0 Å². The van der Waals surface area contributed by atoms with Crippen LogP contribution >= 0.6 is 24.0 Å². The standard InChI is InChI=1S/C23H30N4O.HI/c1-18(12-13-19-8-4-3-5-9-19)26-23(24-2)25-16-22(28)27-15-14-20-10-6-7-11-21(20)17-27;/h3-11,18H,12-17H2,1-2H3,(H2,24,25,26);1H. The number of halogens is 1. The van der Waals surface area contributed by atoms with Gasteiger partial charge in [-0.1, -0.05) is 54.6 Å². The number of carbonyl (C=O) groups excluding carboxylic acids is 1. The molecule has 0 aromatic heterocycles. The Morgan fingerprint density at radius 1 is 1.10 bits per heavy atom. The monoisotopic (exact) mass is 506 g/mol. The molecule has 0 radical (unpaired) electrons. The molecule has 0 aliphatic carbocycles. The van der Waals surface area contributed by atoms with Crippen molar-refractivity contribution in [3.05, 3.63) is 71.3 Å². The summed E-state index contributed by atoms with van der Waals surface area (Å²) in [6.45, 7) is 3.86. The fourth-order valence-corrected chi connectivity index (χ4v) is 3.51. The molecule has 0 spiro atoms. The smallest absolute Gasteiger partial charge is 0.242 e. The number of nitrogens with one attached hydrogen (secondary N) is 2. The molecule has 29 heavy (non-hydrogen) atoms. The first kappa shape index (κ1) is 23.2. The number of fused-ring (bicyclic) bond motifs is 1. The van der Waals surface area contributed by atoms with E-state index in [0.717, 1.165) is 25.8 Å². The SMILES string of the molecule is CN=C(NCC(=O)N1CCc2ccccc2C1)NC(C)CCc1ccccc1.I. The summed E-state index contributed by atoms with van der Waals surface area (Å²) in [5.74, 6) is 0.778. The van der Waals surface area contributed by atoms with Crippen LogP contribution in [0.3, 0.4) is 0 Å². The van der Waals surface area contributed by atoms with Crippen LogP contribution in [-0.2, 0) is 24.2 Å². The lowest BCUT2D eigenvalue weighted by molar-refractivity contribution is -0.130. The van der Waals surface area contributed by atoms with Crippen molar-refractivity contribution in [2.45, 2.75) is 38.8 Å². The summed E-state index contributed by atoms with van der Waals surface area (Å²) in [5, 5.41) is 6.55. The second-order valence-electron chi connectivity index (χ2n) is 7.33.